The van der Waals surface area contributed by atoms with Gasteiger partial charge in [0.2, 0.25) is 5.95 Å². The molecule has 3 aromatic rings. The number of aliphatic carboxylic acids is 1. The Kier molecular flexibility index (Phi) is 8.88. The molecule has 1 aromatic carbocycles. The minimum atomic E-state index is -5.08. The van der Waals surface area contributed by atoms with Crippen LogP contribution in [0.4, 0.5) is 19.1 Å². The van der Waals surface area contributed by atoms with Crippen molar-refractivity contribution in [3.05, 3.63) is 65.2 Å². The molecule has 0 aliphatic carbocycles. The van der Waals surface area contributed by atoms with Crippen LogP contribution >= 0.6 is 11.6 Å². The van der Waals surface area contributed by atoms with Gasteiger partial charge in [-0.2, -0.15) is 13.2 Å². The zero-order chi connectivity index (χ0) is 26.3. The van der Waals surface area contributed by atoms with Gasteiger partial charge in [-0.05, 0) is 23.8 Å². The SMILES string of the molecule is Cn1cc(-c2cnc(N3CCOCC3)nc2)cc1C(=O)NCc1ccc(Cl)cc1.O=C(O)C(F)(F)F. The average Bonchev–Trinajstić information content (AvgIpc) is 3.25. The topological polar surface area (TPSA) is 110 Å². The molecule has 192 valence electrons. The van der Waals surface area contributed by atoms with Crippen LogP contribution in [0, 0.1) is 0 Å². The van der Waals surface area contributed by atoms with Crippen molar-refractivity contribution in [1.82, 2.24) is 19.9 Å². The summed E-state index contributed by atoms with van der Waals surface area (Å²) in [5, 5.41) is 10.7. The summed E-state index contributed by atoms with van der Waals surface area (Å²) >= 11 is 5.90. The van der Waals surface area contributed by atoms with Gasteiger partial charge in [0.05, 0.1) is 13.2 Å². The summed E-state index contributed by atoms with van der Waals surface area (Å²) in [6, 6.07) is 9.26. The highest BCUT2D eigenvalue weighted by molar-refractivity contribution is 6.30. The van der Waals surface area contributed by atoms with Crippen LogP contribution in [-0.4, -0.2) is 64.0 Å². The number of carbonyl (C=O) groups excluding carboxylic acids is 1. The number of alkyl halides is 3. The number of hydrogen-bond donors (Lipinski definition) is 2. The predicted molar refractivity (Wildman–Crippen MR) is 126 cm³/mol. The first-order valence-corrected chi connectivity index (χ1v) is 11.1. The highest BCUT2D eigenvalue weighted by atomic mass is 35.5. The number of carboxylic acids is 1. The molecule has 1 aliphatic heterocycles. The fraction of sp³-hybridized carbons (Fsp3) is 0.304. The van der Waals surface area contributed by atoms with E-state index in [-0.39, 0.29) is 5.91 Å². The van der Waals surface area contributed by atoms with E-state index in [0.717, 1.165) is 29.8 Å². The number of nitrogens with one attached hydrogen (secondary N) is 1. The lowest BCUT2D eigenvalue weighted by Crippen LogP contribution is -2.37. The Morgan fingerprint density at radius 1 is 1.11 bits per heavy atom. The number of amides is 1. The number of hydrogen-bond acceptors (Lipinski definition) is 6. The van der Waals surface area contributed by atoms with Crippen LogP contribution in [0.3, 0.4) is 0 Å². The first-order chi connectivity index (χ1) is 17.0. The summed E-state index contributed by atoms with van der Waals surface area (Å²) in [4.78, 5) is 32.6. The molecule has 3 heterocycles. The largest absolute Gasteiger partial charge is 0.490 e. The Morgan fingerprint density at radius 2 is 1.69 bits per heavy atom. The molecule has 0 atom stereocenters. The van der Waals surface area contributed by atoms with Gasteiger partial charge in [-0.15, -0.1) is 0 Å². The van der Waals surface area contributed by atoms with Crippen molar-refractivity contribution in [3.63, 3.8) is 0 Å². The van der Waals surface area contributed by atoms with E-state index in [4.69, 9.17) is 26.2 Å². The number of aromatic nitrogens is 3. The monoisotopic (exact) mass is 525 g/mol. The number of carboxylic acid groups (broad SMARTS) is 1. The lowest BCUT2D eigenvalue weighted by molar-refractivity contribution is -0.192. The highest BCUT2D eigenvalue weighted by Crippen LogP contribution is 2.22. The van der Waals surface area contributed by atoms with Crippen LogP contribution in [0.25, 0.3) is 11.1 Å². The van der Waals surface area contributed by atoms with Crippen LogP contribution in [-0.2, 0) is 23.1 Å². The molecule has 4 rings (SSSR count). The van der Waals surface area contributed by atoms with Crippen molar-refractivity contribution < 1.29 is 32.6 Å². The number of morpholine rings is 1. The summed E-state index contributed by atoms with van der Waals surface area (Å²) in [7, 11) is 1.85. The third kappa shape index (κ3) is 7.43. The quantitative estimate of drug-likeness (QED) is 0.524. The van der Waals surface area contributed by atoms with Gasteiger partial charge in [-0.3, -0.25) is 4.79 Å². The van der Waals surface area contributed by atoms with Gasteiger partial charge in [-0.1, -0.05) is 23.7 Å². The molecule has 2 N–H and O–H groups in total. The predicted octanol–water partition coefficient (Wildman–Crippen LogP) is 3.54. The molecule has 0 radical (unpaired) electrons. The first-order valence-electron chi connectivity index (χ1n) is 10.7. The maximum absolute atomic E-state index is 12.6. The second-order valence-electron chi connectivity index (χ2n) is 7.71. The lowest BCUT2D eigenvalue weighted by atomic mass is 10.2. The third-order valence-corrected chi connectivity index (χ3v) is 5.36. The van der Waals surface area contributed by atoms with Crippen molar-refractivity contribution in [1.29, 1.82) is 0 Å². The summed E-state index contributed by atoms with van der Waals surface area (Å²) in [6.45, 7) is 3.41. The molecule has 1 aliphatic rings. The van der Waals surface area contributed by atoms with Crippen molar-refractivity contribution in [3.8, 4) is 11.1 Å². The van der Waals surface area contributed by atoms with Gasteiger partial charge in [0.1, 0.15) is 5.69 Å². The first kappa shape index (κ1) is 27.0. The van der Waals surface area contributed by atoms with Gasteiger partial charge in [0, 0.05) is 61.4 Å². The normalized spacial score (nSPS) is 13.5. The van der Waals surface area contributed by atoms with E-state index in [1.807, 2.05) is 48.1 Å². The molecule has 1 saturated heterocycles. The molecule has 0 spiro atoms. The Labute approximate surface area is 209 Å². The number of aryl methyl sites for hydroxylation is 1. The molecule has 2 aromatic heterocycles. The third-order valence-electron chi connectivity index (χ3n) is 5.11. The van der Waals surface area contributed by atoms with E-state index in [2.05, 4.69) is 20.2 Å². The van der Waals surface area contributed by atoms with Crippen LogP contribution < -0.4 is 10.2 Å². The van der Waals surface area contributed by atoms with Gasteiger partial charge in [0.25, 0.3) is 5.91 Å². The van der Waals surface area contributed by atoms with Gasteiger partial charge in [-0.25, -0.2) is 14.8 Å². The van der Waals surface area contributed by atoms with Crippen LogP contribution in [0.5, 0.6) is 0 Å². The number of rotatable bonds is 5. The number of benzene rings is 1. The minimum Gasteiger partial charge on any atom is -0.475 e. The number of halogens is 4. The molecule has 1 amide bonds. The Balaban J connectivity index is 0.000000454. The zero-order valence-corrected chi connectivity index (χ0v) is 19.9. The molecule has 13 heteroatoms. The molecule has 1 fully saturated rings. The standard InChI is InChI=1S/C21H22ClN5O2.C2HF3O2/c1-26-14-16(17-12-24-21(25-13-17)27-6-8-29-9-7-27)10-19(26)20(28)23-11-15-2-4-18(22)5-3-15;3-2(4,5)1(6)7/h2-5,10,12-14H,6-9,11H2,1H3,(H,23,28);(H,6,7). The van der Waals surface area contributed by atoms with Crippen LogP contribution in [0.15, 0.2) is 48.9 Å². The zero-order valence-electron chi connectivity index (χ0n) is 19.1. The summed E-state index contributed by atoms with van der Waals surface area (Å²) in [5.74, 6) is -2.19. The number of carbonyl (C=O) groups is 2. The lowest BCUT2D eigenvalue weighted by Gasteiger charge is -2.26. The van der Waals surface area contributed by atoms with Gasteiger partial charge >= 0.3 is 12.1 Å². The average molecular weight is 526 g/mol. The fourth-order valence-electron chi connectivity index (χ4n) is 3.22. The van der Waals surface area contributed by atoms with Gasteiger partial charge in [0.15, 0.2) is 0 Å². The maximum atomic E-state index is 12.6. The molecule has 0 bridgehead atoms. The molecular weight excluding hydrogens is 503 g/mol. The highest BCUT2D eigenvalue weighted by Gasteiger charge is 2.38. The second-order valence-corrected chi connectivity index (χ2v) is 8.14. The van der Waals surface area contributed by atoms with Crippen molar-refractivity contribution in [2.24, 2.45) is 7.05 Å². The molecule has 36 heavy (non-hydrogen) atoms. The Bertz CT molecular complexity index is 1180. The smallest absolute Gasteiger partial charge is 0.475 e. The van der Waals surface area contributed by atoms with Gasteiger partial charge < -0.3 is 24.6 Å². The van der Waals surface area contributed by atoms with E-state index in [1.54, 1.807) is 12.4 Å². The molecule has 0 saturated carbocycles. The maximum Gasteiger partial charge on any atom is 0.490 e. The Morgan fingerprint density at radius 3 is 2.25 bits per heavy atom. The van der Waals surface area contributed by atoms with Crippen LogP contribution in [0.2, 0.25) is 5.02 Å². The van der Waals surface area contributed by atoms with Crippen molar-refractivity contribution >= 4 is 29.4 Å². The number of nitrogens with zero attached hydrogens (tertiary/aromatic N) is 4. The van der Waals surface area contributed by atoms with E-state index < -0.39 is 12.1 Å². The number of anilines is 1. The summed E-state index contributed by atoms with van der Waals surface area (Å²) in [6.07, 6.45) is 0.412. The summed E-state index contributed by atoms with van der Waals surface area (Å²) in [5.41, 5.74) is 3.34. The summed E-state index contributed by atoms with van der Waals surface area (Å²) < 4.78 is 38.9. The van der Waals surface area contributed by atoms with E-state index in [0.29, 0.717) is 36.4 Å². The fourth-order valence-corrected chi connectivity index (χ4v) is 3.35. The molecular formula is C23H23ClF3N5O4. The molecule has 9 nitrogen and oxygen atoms in total. The van der Waals surface area contributed by atoms with Crippen molar-refractivity contribution in [2.45, 2.75) is 12.7 Å². The minimum absolute atomic E-state index is 0.139. The van der Waals surface area contributed by atoms with Crippen LogP contribution in [0.1, 0.15) is 16.1 Å². The van der Waals surface area contributed by atoms with E-state index >= 15 is 0 Å². The van der Waals surface area contributed by atoms with Crippen molar-refractivity contribution in [2.75, 3.05) is 31.2 Å². The Hall–Kier alpha value is -3.64. The van der Waals surface area contributed by atoms with E-state index in [9.17, 15) is 18.0 Å². The van der Waals surface area contributed by atoms with E-state index in [1.165, 1.54) is 0 Å². The second kappa shape index (κ2) is 11.9. The molecule has 0 unspecified atom stereocenters. The number of ether oxygens (including phenoxy) is 1.